The third kappa shape index (κ3) is 4.12. The van der Waals surface area contributed by atoms with Crippen molar-refractivity contribution in [2.45, 2.75) is 26.7 Å². The molecule has 84 valence electrons. The molecule has 0 saturated heterocycles. The Morgan fingerprint density at radius 1 is 1.47 bits per heavy atom. The van der Waals surface area contributed by atoms with Crippen LogP contribution < -0.4 is 10.5 Å². The van der Waals surface area contributed by atoms with E-state index in [1.165, 1.54) is 12.8 Å². The van der Waals surface area contributed by atoms with E-state index in [4.69, 9.17) is 10.5 Å². The summed E-state index contributed by atoms with van der Waals surface area (Å²) in [4.78, 5) is 0. The van der Waals surface area contributed by atoms with Crippen LogP contribution in [0.4, 0.5) is 5.69 Å². The molecule has 0 fully saturated rings. The number of halogens is 1. The first-order valence-corrected chi connectivity index (χ1v) is 6.10. The number of hydrogen-bond acceptors (Lipinski definition) is 2. The van der Waals surface area contributed by atoms with Gasteiger partial charge in [-0.2, -0.15) is 0 Å². The number of anilines is 1. The lowest BCUT2D eigenvalue weighted by Gasteiger charge is -2.13. The highest BCUT2D eigenvalue weighted by Crippen LogP contribution is 2.25. The quantitative estimate of drug-likeness (QED) is 0.826. The van der Waals surface area contributed by atoms with Gasteiger partial charge in [-0.05, 0) is 30.5 Å². The summed E-state index contributed by atoms with van der Waals surface area (Å²) in [7, 11) is 0. The van der Waals surface area contributed by atoms with E-state index in [9.17, 15) is 0 Å². The second-order valence-corrected chi connectivity index (χ2v) is 4.80. The Labute approximate surface area is 99.9 Å². The van der Waals surface area contributed by atoms with E-state index in [0.29, 0.717) is 11.6 Å². The Hall–Kier alpha value is -0.700. The minimum Gasteiger partial charge on any atom is -0.491 e. The van der Waals surface area contributed by atoms with Crippen LogP contribution in [0.1, 0.15) is 26.7 Å². The summed E-state index contributed by atoms with van der Waals surface area (Å²) in [5, 5.41) is 0. The fourth-order valence-corrected chi connectivity index (χ4v) is 1.84. The van der Waals surface area contributed by atoms with E-state index in [1.54, 1.807) is 0 Å². The molecule has 0 heterocycles. The summed E-state index contributed by atoms with van der Waals surface area (Å²) in [6, 6.07) is 5.70. The highest BCUT2D eigenvalue weighted by atomic mass is 79.9. The van der Waals surface area contributed by atoms with E-state index in [-0.39, 0.29) is 0 Å². The molecule has 0 amide bonds. The Bertz CT molecular complexity index is 314. The van der Waals surface area contributed by atoms with Crippen molar-refractivity contribution in [3.05, 3.63) is 22.7 Å². The molecule has 1 unspecified atom stereocenters. The number of benzene rings is 1. The van der Waals surface area contributed by atoms with E-state index in [0.717, 1.165) is 16.8 Å². The largest absolute Gasteiger partial charge is 0.491 e. The molecular formula is C12H18BrNO. The molecule has 1 rings (SSSR count). The van der Waals surface area contributed by atoms with Gasteiger partial charge >= 0.3 is 0 Å². The predicted molar refractivity (Wildman–Crippen MR) is 68.1 cm³/mol. The molecule has 0 aliphatic rings. The normalized spacial score (nSPS) is 12.5. The van der Waals surface area contributed by atoms with Crippen molar-refractivity contribution in [2.24, 2.45) is 5.92 Å². The molecule has 2 nitrogen and oxygen atoms in total. The second kappa shape index (κ2) is 6.01. The molecule has 0 aromatic heterocycles. The smallest absolute Gasteiger partial charge is 0.142 e. The third-order valence-corrected chi connectivity index (χ3v) is 2.77. The first kappa shape index (κ1) is 12.4. The van der Waals surface area contributed by atoms with Crippen LogP contribution in [-0.4, -0.2) is 6.61 Å². The van der Waals surface area contributed by atoms with Gasteiger partial charge in [0.1, 0.15) is 5.75 Å². The minimum absolute atomic E-state index is 0.582. The minimum atomic E-state index is 0.582. The monoisotopic (exact) mass is 271 g/mol. The number of nitrogen functional groups attached to an aromatic ring is 1. The Morgan fingerprint density at radius 2 is 2.20 bits per heavy atom. The van der Waals surface area contributed by atoms with Crippen molar-refractivity contribution in [1.82, 2.24) is 0 Å². The molecule has 1 atom stereocenters. The summed E-state index contributed by atoms with van der Waals surface area (Å²) >= 11 is 3.37. The van der Waals surface area contributed by atoms with Crippen LogP contribution in [0.3, 0.4) is 0 Å². The molecule has 0 radical (unpaired) electrons. The second-order valence-electron chi connectivity index (χ2n) is 3.89. The van der Waals surface area contributed by atoms with E-state index >= 15 is 0 Å². The highest BCUT2D eigenvalue weighted by Gasteiger charge is 2.04. The summed E-state index contributed by atoms with van der Waals surface area (Å²) < 4.78 is 6.64. The SMILES string of the molecule is CCCC(C)COc1ccc(Br)cc1N. The maximum Gasteiger partial charge on any atom is 0.142 e. The molecule has 0 saturated carbocycles. The number of rotatable bonds is 5. The zero-order valence-electron chi connectivity index (χ0n) is 9.29. The van der Waals surface area contributed by atoms with Crippen LogP contribution >= 0.6 is 15.9 Å². The van der Waals surface area contributed by atoms with Crippen molar-refractivity contribution in [2.75, 3.05) is 12.3 Å². The third-order valence-electron chi connectivity index (χ3n) is 2.28. The maximum absolute atomic E-state index is 5.83. The standard InChI is InChI=1S/C12H18BrNO/c1-3-4-9(2)8-15-12-6-5-10(13)7-11(12)14/h5-7,9H,3-4,8,14H2,1-2H3. The van der Waals surface area contributed by atoms with Gasteiger partial charge in [-0.15, -0.1) is 0 Å². The van der Waals surface area contributed by atoms with Gasteiger partial charge in [-0.3, -0.25) is 0 Å². The Morgan fingerprint density at radius 3 is 2.80 bits per heavy atom. The number of ether oxygens (including phenoxy) is 1. The van der Waals surface area contributed by atoms with Crippen molar-refractivity contribution in [3.63, 3.8) is 0 Å². The molecular weight excluding hydrogens is 254 g/mol. The topological polar surface area (TPSA) is 35.2 Å². The summed E-state index contributed by atoms with van der Waals surface area (Å²) in [5.41, 5.74) is 6.51. The van der Waals surface area contributed by atoms with Crippen molar-refractivity contribution < 1.29 is 4.74 Å². The maximum atomic E-state index is 5.83. The van der Waals surface area contributed by atoms with Gasteiger partial charge in [0, 0.05) is 4.47 Å². The average molecular weight is 272 g/mol. The van der Waals surface area contributed by atoms with Gasteiger partial charge in [0.25, 0.3) is 0 Å². The first-order chi connectivity index (χ1) is 7.13. The van der Waals surface area contributed by atoms with E-state index < -0.39 is 0 Å². The van der Waals surface area contributed by atoms with E-state index in [2.05, 4.69) is 29.8 Å². The molecule has 0 aliphatic heterocycles. The summed E-state index contributed by atoms with van der Waals surface area (Å²) in [6.07, 6.45) is 2.39. The van der Waals surface area contributed by atoms with Gasteiger partial charge in [0.2, 0.25) is 0 Å². The summed E-state index contributed by atoms with van der Waals surface area (Å²) in [5.74, 6) is 1.36. The van der Waals surface area contributed by atoms with Crippen LogP contribution in [-0.2, 0) is 0 Å². The van der Waals surface area contributed by atoms with Crippen LogP contribution in [0, 0.1) is 5.92 Å². The fraction of sp³-hybridized carbons (Fsp3) is 0.500. The molecule has 0 bridgehead atoms. The highest BCUT2D eigenvalue weighted by molar-refractivity contribution is 9.10. The van der Waals surface area contributed by atoms with Crippen LogP contribution in [0.25, 0.3) is 0 Å². The van der Waals surface area contributed by atoms with Crippen molar-refractivity contribution in [1.29, 1.82) is 0 Å². The predicted octanol–water partition coefficient (Wildman–Crippen LogP) is 3.85. The van der Waals surface area contributed by atoms with Gasteiger partial charge in [0.15, 0.2) is 0 Å². The lowest BCUT2D eigenvalue weighted by atomic mass is 10.1. The summed E-state index contributed by atoms with van der Waals surface area (Å²) in [6.45, 7) is 5.11. The molecule has 2 N–H and O–H groups in total. The number of nitrogens with two attached hydrogens (primary N) is 1. The molecule has 0 spiro atoms. The molecule has 1 aromatic carbocycles. The van der Waals surface area contributed by atoms with E-state index in [1.807, 2.05) is 18.2 Å². The van der Waals surface area contributed by atoms with Gasteiger partial charge in [-0.1, -0.05) is 36.2 Å². The first-order valence-electron chi connectivity index (χ1n) is 5.31. The van der Waals surface area contributed by atoms with Gasteiger partial charge in [-0.25, -0.2) is 0 Å². The average Bonchev–Trinajstić information content (AvgIpc) is 2.17. The molecule has 15 heavy (non-hydrogen) atoms. The lowest BCUT2D eigenvalue weighted by molar-refractivity contribution is 0.253. The zero-order chi connectivity index (χ0) is 11.3. The molecule has 0 aliphatic carbocycles. The fourth-order valence-electron chi connectivity index (χ4n) is 1.46. The molecule has 3 heteroatoms. The molecule has 1 aromatic rings. The van der Waals surface area contributed by atoms with Crippen LogP contribution in [0.15, 0.2) is 22.7 Å². The van der Waals surface area contributed by atoms with Crippen molar-refractivity contribution in [3.8, 4) is 5.75 Å². The number of hydrogen-bond donors (Lipinski definition) is 1. The lowest BCUT2D eigenvalue weighted by Crippen LogP contribution is -2.09. The zero-order valence-corrected chi connectivity index (χ0v) is 10.9. The van der Waals surface area contributed by atoms with Gasteiger partial charge < -0.3 is 10.5 Å². The van der Waals surface area contributed by atoms with Crippen LogP contribution in [0.5, 0.6) is 5.75 Å². The Balaban J connectivity index is 2.50. The van der Waals surface area contributed by atoms with Crippen molar-refractivity contribution >= 4 is 21.6 Å². The van der Waals surface area contributed by atoms with Crippen LogP contribution in [0.2, 0.25) is 0 Å². The van der Waals surface area contributed by atoms with Gasteiger partial charge in [0.05, 0.1) is 12.3 Å². The Kier molecular flexibility index (Phi) is 4.95.